The SMILES string of the molecule is CCc1nc(NC)cc(N(C)CCS(C)(=O)=O)n1. The number of rotatable bonds is 6. The summed E-state index contributed by atoms with van der Waals surface area (Å²) in [5, 5.41) is 2.97. The van der Waals surface area contributed by atoms with E-state index >= 15 is 0 Å². The number of nitrogens with one attached hydrogen (secondary N) is 1. The normalized spacial score (nSPS) is 11.3. The summed E-state index contributed by atoms with van der Waals surface area (Å²) in [5.41, 5.74) is 0. The molecule has 1 rings (SSSR count). The molecule has 0 spiro atoms. The number of anilines is 2. The van der Waals surface area contributed by atoms with E-state index in [0.717, 1.165) is 23.9 Å². The Morgan fingerprint density at radius 2 is 2.06 bits per heavy atom. The number of aromatic nitrogens is 2. The fraction of sp³-hybridized carbons (Fsp3) is 0.636. The zero-order valence-electron chi connectivity index (χ0n) is 11.3. The minimum atomic E-state index is -2.96. The van der Waals surface area contributed by atoms with E-state index in [4.69, 9.17) is 0 Å². The summed E-state index contributed by atoms with van der Waals surface area (Å²) in [7, 11) is 0.660. The summed E-state index contributed by atoms with van der Waals surface area (Å²) in [6.45, 7) is 2.40. The minimum absolute atomic E-state index is 0.115. The van der Waals surface area contributed by atoms with Crippen LogP contribution < -0.4 is 10.2 Å². The van der Waals surface area contributed by atoms with Crippen molar-refractivity contribution in [1.82, 2.24) is 9.97 Å². The fourth-order valence-corrected chi connectivity index (χ4v) is 1.99. The molecule has 0 saturated heterocycles. The van der Waals surface area contributed by atoms with Crippen molar-refractivity contribution < 1.29 is 8.42 Å². The van der Waals surface area contributed by atoms with Gasteiger partial charge in [-0.15, -0.1) is 0 Å². The van der Waals surface area contributed by atoms with Crippen LogP contribution in [0, 0.1) is 0 Å². The maximum atomic E-state index is 11.1. The third kappa shape index (κ3) is 4.48. The molecule has 0 amide bonds. The summed E-state index contributed by atoms with van der Waals surface area (Å²) < 4.78 is 22.3. The van der Waals surface area contributed by atoms with Gasteiger partial charge in [-0.3, -0.25) is 0 Å². The monoisotopic (exact) mass is 272 g/mol. The Labute approximate surface area is 108 Å². The van der Waals surface area contributed by atoms with Crippen LogP contribution in [0.15, 0.2) is 6.07 Å². The minimum Gasteiger partial charge on any atom is -0.373 e. The van der Waals surface area contributed by atoms with Crippen molar-refractivity contribution in [2.75, 3.05) is 42.9 Å². The van der Waals surface area contributed by atoms with Gasteiger partial charge >= 0.3 is 0 Å². The van der Waals surface area contributed by atoms with Crippen LogP contribution in [-0.2, 0) is 16.3 Å². The Balaban J connectivity index is 2.87. The van der Waals surface area contributed by atoms with E-state index in [1.54, 1.807) is 13.1 Å². The lowest BCUT2D eigenvalue weighted by molar-refractivity contribution is 0.601. The molecule has 18 heavy (non-hydrogen) atoms. The highest BCUT2D eigenvalue weighted by atomic mass is 32.2. The molecule has 0 saturated carbocycles. The summed E-state index contributed by atoms with van der Waals surface area (Å²) in [5.74, 6) is 2.32. The first kappa shape index (κ1) is 14.7. The lowest BCUT2D eigenvalue weighted by Crippen LogP contribution is -2.26. The van der Waals surface area contributed by atoms with Crippen LogP contribution in [0.3, 0.4) is 0 Å². The van der Waals surface area contributed by atoms with E-state index in [-0.39, 0.29) is 5.75 Å². The van der Waals surface area contributed by atoms with E-state index in [1.807, 2.05) is 18.9 Å². The van der Waals surface area contributed by atoms with Gasteiger partial charge in [0.15, 0.2) is 0 Å². The van der Waals surface area contributed by atoms with Crippen LogP contribution in [0.4, 0.5) is 11.6 Å². The molecule has 1 N–H and O–H groups in total. The molecular weight excluding hydrogens is 252 g/mol. The van der Waals surface area contributed by atoms with Gasteiger partial charge in [-0.05, 0) is 0 Å². The van der Waals surface area contributed by atoms with E-state index in [0.29, 0.717) is 6.54 Å². The smallest absolute Gasteiger partial charge is 0.149 e. The summed E-state index contributed by atoms with van der Waals surface area (Å²) in [6.07, 6.45) is 1.97. The standard InChI is InChI=1S/C11H20N4O2S/c1-5-9-13-10(12-2)8-11(14-9)15(3)6-7-18(4,16)17/h8H,5-7H2,1-4H3,(H,12,13,14). The van der Waals surface area contributed by atoms with E-state index in [9.17, 15) is 8.42 Å². The maximum absolute atomic E-state index is 11.1. The van der Waals surface area contributed by atoms with Gasteiger partial charge in [0.1, 0.15) is 27.3 Å². The largest absolute Gasteiger partial charge is 0.373 e. The zero-order valence-corrected chi connectivity index (χ0v) is 12.1. The van der Waals surface area contributed by atoms with E-state index in [2.05, 4.69) is 15.3 Å². The van der Waals surface area contributed by atoms with Gasteiger partial charge < -0.3 is 10.2 Å². The molecule has 0 radical (unpaired) electrons. The average molecular weight is 272 g/mol. The third-order valence-electron chi connectivity index (χ3n) is 2.52. The maximum Gasteiger partial charge on any atom is 0.149 e. The molecule has 1 heterocycles. The van der Waals surface area contributed by atoms with Crippen molar-refractivity contribution in [2.24, 2.45) is 0 Å². The Morgan fingerprint density at radius 1 is 1.39 bits per heavy atom. The molecule has 0 atom stereocenters. The van der Waals surface area contributed by atoms with Crippen LogP contribution >= 0.6 is 0 Å². The third-order valence-corrected chi connectivity index (χ3v) is 3.44. The summed E-state index contributed by atoms with van der Waals surface area (Å²) in [6, 6.07) is 1.81. The Bertz CT molecular complexity index is 480. The first-order chi connectivity index (χ1) is 8.35. The number of hydrogen-bond donors (Lipinski definition) is 1. The van der Waals surface area contributed by atoms with E-state index in [1.165, 1.54) is 6.26 Å². The molecule has 0 bridgehead atoms. The van der Waals surface area contributed by atoms with Crippen LogP contribution in [0.1, 0.15) is 12.7 Å². The van der Waals surface area contributed by atoms with Crippen molar-refractivity contribution in [3.8, 4) is 0 Å². The highest BCUT2D eigenvalue weighted by molar-refractivity contribution is 7.90. The van der Waals surface area contributed by atoms with Gasteiger partial charge in [-0.2, -0.15) is 0 Å². The van der Waals surface area contributed by atoms with Crippen molar-refractivity contribution in [3.63, 3.8) is 0 Å². The number of sulfone groups is 1. The lowest BCUT2D eigenvalue weighted by Gasteiger charge is -2.18. The molecular formula is C11H20N4O2S. The Hall–Kier alpha value is -1.37. The molecule has 7 heteroatoms. The predicted octanol–water partition coefficient (Wildman–Crippen LogP) is 0.561. The lowest BCUT2D eigenvalue weighted by atomic mass is 10.4. The molecule has 6 nitrogen and oxygen atoms in total. The van der Waals surface area contributed by atoms with Gasteiger partial charge in [-0.25, -0.2) is 18.4 Å². The van der Waals surface area contributed by atoms with Crippen LogP contribution in [0.25, 0.3) is 0 Å². The van der Waals surface area contributed by atoms with Crippen LogP contribution in [0.2, 0.25) is 0 Å². The fourth-order valence-electron chi connectivity index (χ4n) is 1.38. The first-order valence-corrected chi connectivity index (χ1v) is 7.86. The Morgan fingerprint density at radius 3 is 2.56 bits per heavy atom. The number of nitrogens with zero attached hydrogens (tertiary/aromatic N) is 3. The molecule has 0 aromatic carbocycles. The van der Waals surface area contributed by atoms with Gasteiger partial charge in [0.05, 0.1) is 5.75 Å². The summed E-state index contributed by atoms with van der Waals surface area (Å²) in [4.78, 5) is 10.5. The van der Waals surface area contributed by atoms with Gasteiger partial charge in [-0.1, -0.05) is 6.92 Å². The molecule has 0 aliphatic rings. The summed E-state index contributed by atoms with van der Waals surface area (Å²) >= 11 is 0. The molecule has 1 aromatic rings. The molecule has 0 aliphatic carbocycles. The predicted molar refractivity (Wildman–Crippen MR) is 73.9 cm³/mol. The molecule has 0 fully saturated rings. The van der Waals surface area contributed by atoms with Crippen LogP contribution in [-0.4, -0.2) is 51.0 Å². The quantitative estimate of drug-likeness (QED) is 0.815. The average Bonchev–Trinajstić information content (AvgIpc) is 2.34. The van der Waals surface area contributed by atoms with Gasteiger partial charge in [0.2, 0.25) is 0 Å². The van der Waals surface area contributed by atoms with Gasteiger partial charge in [0, 0.05) is 39.4 Å². The zero-order chi connectivity index (χ0) is 13.8. The molecule has 1 aromatic heterocycles. The highest BCUT2D eigenvalue weighted by Crippen LogP contribution is 2.14. The van der Waals surface area contributed by atoms with Gasteiger partial charge in [0.25, 0.3) is 0 Å². The second kappa shape index (κ2) is 5.99. The highest BCUT2D eigenvalue weighted by Gasteiger charge is 2.10. The van der Waals surface area contributed by atoms with Crippen molar-refractivity contribution in [2.45, 2.75) is 13.3 Å². The van der Waals surface area contributed by atoms with Crippen LogP contribution in [0.5, 0.6) is 0 Å². The second-order valence-electron chi connectivity index (χ2n) is 4.18. The van der Waals surface area contributed by atoms with Crippen molar-refractivity contribution in [1.29, 1.82) is 0 Å². The number of aryl methyl sites for hydroxylation is 1. The molecule has 0 aliphatic heterocycles. The molecule has 102 valence electrons. The van der Waals surface area contributed by atoms with Crippen molar-refractivity contribution >= 4 is 21.5 Å². The topological polar surface area (TPSA) is 75.2 Å². The van der Waals surface area contributed by atoms with E-state index < -0.39 is 9.84 Å². The molecule has 0 unspecified atom stereocenters. The van der Waals surface area contributed by atoms with Crippen molar-refractivity contribution in [3.05, 3.63) is 11.9 Å². The number of hydrogen-bond acceptors (Lipinski definition) is 6. The second-order valence-corrected chi connectivity index (χ2v) is 6.44. The Kier molecular flexibility index (Phi) is 4.89. The first-order valence-electron chi connectivity index (χ1n) is 5.80.